The highest BCUT2D eigenvalue weighted by Gasteiger charge is 2.35. The van der Waals surface area contributed by atoms with Gasteiger partial charge in [0.05, 0.1) is 5.75 Å². The van der Waals surface area contributed by atoms with Crippen molar-refractivity contribution in [1.29, 1.82) is 0 Å². The maximum atomic E-state index is 13.1. The average molecular weight is 367 g/mol. The molecule has 0 saturated carbocycles. The zero-order valence-corrected chi connectivity index (χ0v) is 14.2. The summed E-state index contributed by atoms with van der Waals surface area (Å²) < 4.78 is 61.7. The van der Waals surface area contributed by atoms with Gasteiger partial charge in [0.25, 0.3) is 0 Å². The molecule has 0 aromatic carbocycles. The fraction of sp³-hybridized carbons (Fsp3) is 0.692. The van der Waals surface area contributed by atoms with Crippen LogP contribution in [-0.4, -0.2) is 51.3 Å². The summed E-state index contributed by atoms with van der Waals surface area (Å²) in [5, 5.41) is 5.06. The lowest BCUT2D eigenvalue weighted by molar-refractivity contribution is -0.141. The number of hydrogen-bond acceptors (Lipinski definition) is 6. The molecule has 1 aromatic rings. The second-order valence-electron chi connectivity index (χ2n) is 6.09. The van der Waals surface area contributed by atoms with E-state index in [0.717, 1.165) is 6.07 Å². The Kier molecular flexibility index (Phi) is 5.23. The fourth-order valence-corrected chi connectivity index (χ4v) is 3.58. The molecule has 24 heavy (non-hydrogen) atoms. The first-order chi connectivity index (χ1) is 11.0. The largest absolute Gasteiger partial charge is 0.433 e. The van der Waals surface area contributed by atoms with Crippen molar-refractivity contribution >= 4 is 21.8 Å². The van der Waals surface area contributed by atoms with Crippen LogP contribution in [0.3, 0.4) is 0 Å². The van der Waals surface area contributed by atoms with Gasteiger partial charge in [0.15, 0.2) is 5.69 Å². The molecule has 7 nitrogen and oxygen atoms in total. The summed E-state index contributed by atoms with van der Waals surface area (Å²) in [5.74, 6) is -0.369. The van der Waals surface area contributed by atoms with Crippen LogP contribution in [0.2, 0.25) is 0 Å². The van der Waals surface area contributed by atoms with Gasteiger partial charge in [-0.15, -0.1) is 0 Å². The Morgan fingerprint density at radius 1 is 1.38 bits per heavy atom. The summed E-state index contributed by atoms with van der Waals surface area (Å²) in [4.78, 5) is 10.8. The standard InChI is InChI=1S/C13H20F3N5O2S/c1-20(2)11-6-10(13(14,15)16)18-12(19-11)21-5-3-4-9(7-21)8-24(17,22)23/h6,9H,3-5,7-8H2,1-2H3,(H2,17,22,23). The summed E-state index contributed by atoms with van der Waals surface area (Å²) in [7, 11) is -0.459. The third-order valence-corrected chi connectivity index (χ3v) is 4.66. The van der Waals surface area contributed by atoms with Gasteiger partial charge in [-0.05, 0) is 18.8 Å². The maximum absolute atomic E-state index is 13.1. The monoisotopic (exact) mass is 367 g/mol. The molecule has 11 heteroatoms. The molecule has 0 spiro atoms. The van der Waals surface area contributed by atoms with Crippen LogP contribution in [0.15, 0.2) is 6.07 Å². The van der Waals surface area contributed by atoms with Crippen LogP contribution >= 0.6 is 0 Å². The third kappa shape index (κ3) is 4.94. The topological polar surface area (TPSA) is 92.4 Å². The molecule has 1 atom stereocenters. The molecule has 1 unspecified atom stereocenters. The molecule has 0 amide bonds. The molecule has 136 valence electrons. The number of aromatic nitrogens is 2. The van der Waals surface area contributed by atoms with Crippen LogP contribution < -0.4 is 14.9 Å². The summed E-state index contributed by atoms with van der Waals surface area (Å²) >= 11 is 0. The van der Waals surface area contributed by atoms with E-state index in [1.165, 1.54) is 4.90 Å². The molecule has 0 radical (unpaired) electrons. The number of rotatable bonds is 4. The zero-order chi connectivity index (χ0) is 18.1. The molecule has 0 bridgehead atoms. The number of halogens is 3. The predicted molar refractivity (Wildman–Crippen MR) is 84.3 cm³/mol. The van der Waals surface area contributed by atoms with E-state index in [2.05, 4.69) is 9.97 Å². The molecular weight excluding hydrogens is 347 g/mol. The van der Waals surface area contributed by atoms with Crippen molar-refractivity contribution in [3.63, 3.8) is 0 Å². The van der Waals surface area contributed by atoms with Gasteiger partial charge in [-0.3, -0.25) is 0 Å². The lowest BCUT2D eigenvalue weighted by atomic mass is 10.0. The quantitative estimate of drug-likeness (QED) is 0.856. The molecule has 1 saturated heterocycles. The summed E-state index contributed by atoms with van der Waals surface area (Å²) in [5.41, 5.74) is -1.02. The lowest BCUT2D eigenvalue weighted by Crippen LogP contribution is -2.40. The number of hydrogen-bond donors (Lipinski definition) is 1. The Balaban J connectivity index is 2.31. The number of primary sulfonamides is 1. The predicted octanol–water partition coefficient (Wildman–Crippen LogP) is 1.07. The highest BCUT2D eigenvalue weighted by Crippen LogP contribution is 2.31. The van der Waals surface area contributed by atoms with Crippen LogP contribution in [0.5, 0.6) is 0 Å². The molecule has 1 fully saturated rings. The van der Waals surface area contributed by atoms with Crippen molar-refractivity contribution in [2.24, 2.45) is 11.1 Å². The van der Waals surface area contributed by atoms with Gasteiger partial charge in [-0.1, -0.05) is 0 Å². The van der Waals surface area contributed by atoms with Gasteiger partial charge in [-0.25, -0.2) is 18.5 Å². The normalized spacial score (nSPS) is 19.4. The van der Waals surface area contributed by atoms with Crippen molar-refractivity contribution in [2.75, 3.05) is 42.7 Å². The van der Waals surface area contributed by atoms with Crippen LogP contribution in [0.25, 0.3) is 0 Å². The molecule has 2 rings (SSSR count). The third-order valence-electron chi connectivity index (χ3n) is 3.72. The highest BCUT2D eigenvalue weighted by atomic mass is 32.2. The number of sulfonamides is 1. The number of anilines is 2. The Bertz CT molecular complexity index is 693. The van der Waals surface area contributed by atoms with E-state index in [4.69, 9.17) is 5.14 Å². The second-order valence-corrected chi connectivity index (χ2v) is 7.75. The number of nitrogens with zero attached hydrogens (tertiary/aromatic N) is 4. The molecule has 2 N–H and O–H groups in total. The van der Waals surface area contributed by atoms with Gasteiger partial charge >= 0.3 is 6.18 Å². The highest BCUT2D eigenvalue weighted by molar-refractivity contribution is 7.89. The van der Waals surface area contributed by atoms with E-state index in [1.54, 1.807) is 19.0 Å². The van der Waals surface area contributed by atoms with Gasteiger partial charge in [-0.2, -0.15) is 18.2 Å². The van der Waals surface area contributed by atoms with E-state index in [-0.39, 0.29) is 30.0 Å². The number of nitrogens with two attached hydrogens (primary N) is 1. The summed E-state index contributed by atoms with van der Waals surface area (Å²) in [6.45, 7) is 0.722. The van der Waals surface area contributed by atoms with Gasteiger partial charge in [0.2, 0.25) is 16.0 Å². The summed E-state index contributed by atoms with van der Waals surface area (Å²) in [6.07, 6.45) is -3.30. The lowest BCUT2D eigenvalue weighted by Gasteiger charge is -2.33. The van der Waals surface area contributed by atoms with E-state index in [1.807, 2.05) is 0 Å². The smallest absolute Gasteiger partial charge is 0.363 e. The van der Waals surface area contributed by atoms with Crippen molar-refractivity contribution in [1.82, 2.24) is 9.97 Å². The van der Waals surface area contributed by atoms with Crippen molar-refractivity contribution in [2.45, 2.75) is 19.0 Å². The number of alkyl halides is 3. The zero-order valence-electron chi connectivity index (χ0n) is 13.4. The average Bonchev–Trinajstić information content (AvgIpc) is 2.44. The second kappa shape index (κ2) is 6.71. The molecule has 1 aliphatic rings. The minimum Gasteiger partial charge on any atom is -0.363 e. The maximum Gasteiger partial charge on any atom is 0.433 e. The SMILES string of the molecule is CN(C)c1cc(C(F)(F)F)nc(N2CCCC(CS(N)(=O)=O)C2)n1. The first kappa shape index (κ1) is 18.7. The van der Waals surface area contributed by atoms with E-state index in [9.17, 15) is 21.6 Å². The minimum atomic E-state index is -4.59. The first-order valence-electron chi connectivity index (χ1n) is 7.35. The van der Waals surface area contributed by atoms with Crippen molar-refractivity contribution in [3.05, 3.63) is 11.8 Å². The molecule has 2 heterocycles. The van der Waals surface area contributed by atoms with Crippen LogP contribution in [0, 0.1) is 5.92 Å². The van der Waals surface area contributed by atoms with Crippen LogP contribution in [0.4, 0.5) is 24.9 Å². The Labute approximate surface area is 138 Å². The van der Waals surface area contributed by atoms with Crippen molar-refractivity contribution < 1.29 is 21.6 Å². The molecular formula is C13H20F3N5O2S. The van der Waals surface area contributed by atoms with E-state index < -0.39 is 21.9 Å². The molecule has 0 aliphatic carbocycles. The van der Waals surface area contributed by atoms with E-state index in [0.29, 0.717) is 19.4 Å². The fourth-order valence-electron chi connectivity index (χ4n) is 2.65. The van der Waals surface area contributed by atoms with Gasteiger partial charge < -0.3 is 9.80 Å². The van der Waals surface area contributed by atoms with E-state index >= 15 is 0 Å². The van der Waals surface area contributed by atoms with Crippen LogP contribution in [-0.2, 0) is 16.2 Å². The Morgan fingerprint density at radius 3 is 2.58 bits per heavy atom. The summed E-state index contributed by atoms with van der Waals surface area (Å²) in [6, 6.07) is 0.884. The van der Waals surface area contributed by atoms with Crippen LogP contribution in [0.1, 0.15) is 18.5 Å². The minimum absolute atomic E-state index is 0.0485. The Hall–Kier alpha value is -1.62. The van der Waals surface area contributed by atoms with Crippen molar-refractivity contribution in [3.8, 4) is 0 Å². The number of piperidine rings is 1. The molecule has 1 aromatic heterocycles. The molecule has 1 aliphatic heterocycles. The first-order valence-corrected chi connectivity index (χ1v) is 9.06. The Morgan fingerprint density at radius 2 is 2.04 bits per heavy atom. The van der Waals surface area contributed by atoms with Gasteiger partial charge in [0.1, 0.15) is 5.82 Å². The van der Waals surface area contributed by atoms with Gasteiger partial charge in [0, 0.05) is 33.3 Å².